The number of aryl methyl sites for hydroxylation is 2. The third kappa shape index (κ3) is 2.52. The molecule has 0 saturated heterocycles. The van der Waals surface area contributed by atoms with Gasteiger partial charge in [-0.2, -0.15) is 0 Å². The van der Waals surface area contributed by atoms with Gasteiger partial charge in [-0.3, -0.25) is 0 Å². The molecule has 1 aromatic carbocycles. The third-order valence-corrected chi connectivity index (χ3v) is 4.11. The van der Waals surface area contributed by atoms with E-state index in [1.54, 1.807) is 0 Å². The molecule has 0 aliphatic carbocycles. The van der Waals surface area contributed by atoms with Gasteiger partial charge in [-0.15, -0.1) is 0 Å². The fourth-order valence-electron chi connectivity index (χ4n) is 2.87. The highest BCUT2D eigenvalue weighted by Crippen LogP contribution is 2.25. The van der Waals surface area contributed by atoms with Gasteiger partial charge in [0.2, 0.25) is 0 Å². The highest BCUT2D eigenvalue weighted by atomic mass is 16.5. The molecule has 1 atom stereocenters. The molecule has 0 amide bonds. The Kier molecular flexibility index (Phi) is 3.98. The van der Waals surface area contributed by atoms with E-state index in [0.29, 0.717) is 6.54 Å². The summed E-state index contributed by atoms with van der Waals surface area (Å²) in [5.74, 6) is 1.79. The number of para-hydroxylation sites is 2. The van der Waals surface area contributed by atoms with Crippen molar-refractivity contribution in [2.45, 2.75) is 46.2 Å². The van der Waals surface area contributed by atoms with Crippen LogP contribution in [0, 0.1) is 13.8 Å². The molecule has 2 N–H and O–H groups in total. The van der Waals surface area contributed by atoms with Crippen LogP contribution in [0.2, 0.25) is 0 Å². The molecule has 3 aromatic rings. The van der Waals surface area contributed by atoms with E-state index < -0.39 is 0 Å². The van der Waals surface area contributed by atoms with Gasteiger partial charge < -0.3 is 14.8 Å². The van der Waals surface area contributed by atoms with Crippen LogP contribution in [0.1, 0.15) is 48.6 Å². The van der Waals surface area contributed by atoms with Crippen molar-refractivity contribution >= 4 is 11.0 Å². The van der Waals surface area contributed by atoms with E-state index >= 15 is 0 Å². The lowest BCUT2D eigenvalue weighted by Gasteiger charge is -2.14. The molecule has 3 rings (SSSR count). The van der Waals surface area contributed by atoms with E-state index in [0.717, 1.165) is 46.7 Å². The van der Waals surface area contributed by atoms with E-state index in [2.05, 4.69) is 22.7 Å². The maximum absolute atomic E-state index is 6.35. The molecule has 22 heavy (non-hydrogen) atoms. The third-order valence-electron chi connectivity index (χ3n) is 4.11. The SMILES string of the molecule is CCCC(N)c1nc2ccccc2n1Cc1c(C)noc1C. The Morgan fingerprint density at radius 1 is 1.27 bits per heavy atom. The zero-order chi connectivity index (χ0) is 15.7. The predicted octanol–water partition coefficient (Wildman–Crippen LogP) is 3.49. The molecule has 0 saturated carbocycles. The summed E-state index contributed by atoms with van der Waals surface area (Å²) in [7, 11) is 0. The molecule has 0 fully saturated rings. The van der Waals surface area contributed by atoms with E-state index in [-0.39, 0.29) is 6.04 Å². The average Bonchev–Trinajstić information content (AvgIpc) is 3.03. The Balaban J connectivity index is 2.11. The maximum Gasteiger partial charge on any atom is 0.138 e. The molecule has 0 aliphatic heterocycles. The summed E-state index contributed by atoms with van der Waals surface area (Å²) in [5.41, 5.74) is 10.5. The van der Waals surface area contributed by atoms with Gasteiger partial charge in [-0.05, 0) is 32.4 Å². The molecule has 0 spiro atoms. The molecular weight excluding hydrogens is 276 g/mol. The summed E-state index contributed by atoms with van der Waals surface area (Å²) in [6.07, 6.45) is 1.96. The molecule has 0 radical (unpaired) electrons. The van der Waals surface area contributed by atoms with Crippen LogP contribution in [-0.2, 0) is 6.54 Å². The normalized spacial score (nSPS) is 12.9. The van der Waals surface area contributed by atoms with E-state index in [4.69, 9.17) is 15.2 Å². The Bertz CT molecular complexity index is 768. The van der Waals surface area contributed by atoms with Gasteiger partial charge in [0.15, 0.2) is 0 Å². The molecule has 5 heteroatoms. The Labute approximate surface area is 130 Å². The van der Waals surface area contributed by atoms with Crippen molar-refractivity contribution in [2.75, 3.05) is 0 Å². The monoisotopic (exact) mass is 298 g/mol. The summed E-state index contributed by atoms with van der Waals surface area (Å²) in [5, 5.41) is 4.05. The first-order chi connectivity index (χ1) is 10.6. The van der Waals surface area contributed by atoms with Crippen LogP contribution >= 0.6 is 0 Å². The summed E-state index contributed by atoms with van der Waals surface area (Å²) < 4.78 is 7.49. The molecule has 5 nitrogen and oxygen atoms in total. The second kappa shape index (κ2) is 5.93. The Hall–Kier alpha value is -2.14. The van der Waals surface area contributed by atoms with Crippen molar-refractivity contribution in [1.29, 1.82) is 0 Å². The minimum Gasteiger partial charge on any atom is -0.361 e. The largest absolute Gasteiger partial charge is 0.361 e. The minimum absolute atomic E-state index is 0.0575. The summed E-state index contributed by atoms with van der Waals surface area (Å²) in [6, 6.07) is 8.09. The lowest BCUT2D eigenvalue weighted by Crippen LogP contribution is -2.17. The van der Waals surface area contributed by atoms with Gasteiger partial charge in [0.25, 0.3) is 0 Å². The highest BCUT2D eigenvalue weighted by Gasteiger charge is 2.19. The number of nitrogens with zero attached hydrogens (tertiary/aromatic N) is 3. The number of hydrogen-bond donors (Lipinski definition) is 1. The van der Waals surface area contributed by atoms with Crippen LogP contribution in [0.4, 0.5) is 0 Å². The van der Waals surface area contributed by atoms with Crippen LogP contribution in [0.5, 0.6) is 0 Å². The smallest absolute Gasteiger partial charge is 0.138 e. The first kappa shape index (κ1) is 14.8. The predicted molar refractivity (Wildman–Crippen MR) is 86.6 cm³/mol. The van der Waals surface area contributed by atoms with Crippen molar-refractivity contribution in [1.82, 2.24) is 14.7 Å². The van der Waals surface area contributed by atoms with Crippen LogP contribution in [0.25, 0.3) is 11.0 Å². The van der Waals surface area contributed by atoms with Crippen LogP contribution in [0.15, 0.2) is 28.8 Å². The number of imidazole rings is 1. The number of rotatable bonds is 5. The van der Waals surface area contributed by atoms with Gasteiger partial charge in [0.1, 0.15) is 11.6 Å². The lowest BCUT2D eigenvalue weighted by atomic mass is 10.1. The van der Waals surface area contributed by atoms with Gasteiger partial charge >= 0.3 is 0 Å². The standard InChI is InChI=1S/C17H22N4O/c1-4-7-14(18)17-19-15-8-5-6-9-16(15)21(17)10-13-11(2)20-22-12(13)3/h5-6,8-9,14H,4,7,10,18H2,1-3H3. The second-order valence-corrected chi connectivity index (χ2v) is 5.74. The highest BCUT2D eigenvalue weighted by molar-refractivity contribution is 5.76. The van der Waals surface area contributed by atoms with Gasteiger partial charge in [0.05, 0.1) is 29.3 Å². The van der Waals surface area contributed by atoms with E-state index in [1.807, 2.05) is 32.0 Å². The van der Waals surface area contributed by atoms with Crippen LogP contribution in [0.3, 0.4) is 0 Å². The number of nitrogens with two attached hydrogens (primary N) is 1. The summed E-state index contributed by atoms with van der Waals surface area (Å²) in [4.78, 5) is 4.76. The van der Waals surface area contributed by atoms with Crippen molar-refractivity contribution in [3.05, 3.63) is 47.1 Å². The molecular formula is C17H22N4O. The van der Waals surface area contributed by atoms with Crippen LogP contribution in [-0.4, -0.2) is 14.7 Å². The summed E-state index contributed by atoms with van der Waals surface area (Å²) in [6.45, 7) is 6.74. The number of hydrogen-bond acceptors (Lipinski definition) is 4. The van der Waals surface area contributed by atoms with Crippen molar-refractivity contribution < 1.29 is 4.52 Å². The number of benzene rings is 1. The molecule has 116 valence electrons. The van der Waals surface area contributed by atoms with Gasteiger partial charge in [-0.25, -0.2) is 4.98 Å². The van der Waals surface area contributed by atoms with Crippen molar-refractivity contribution in [3.63, 3.8) is 0 Å². The van der Waals surface area contributed by atoms with Crippen molar-refractivity contribution in [2.24, 2.45) is 5.73 Å². The fourth-order valence-corrected chi connectivity index (χ4v) is 2.87. The molecule has 0 bridgehead atoms. The average molecular weight is 298 g/mol. The number of aromatic nitrogens is 3. The number of fused-ring (bicyclic) bond motifs is 1. The topological polar surface area (TPSA) is 69.9 Å². The maximum atomic E-state index is 6.35. The Morgan fingerprint density at radius 2 is 2.05 bits per heavy atom. The first-order valence-corrected chi connectivity index (χ1v) is 7.74. The first-order valence-electron chi connectivity index (χ1n) is 7.74. The van der Waals surface area contributed by atoms with Crippen LogP contribution < -0.4 is 5.73 Å². The van der Waals surface area contributed by atoms with Gasteiger partial charge in [0, 0.05) is 5.56 Å². The zero-order valence-electron chi connectivity index (χ0n) is 13.3. The molecule has 2 aromatic heterocycles. The molecule has 2 heterocycles. The quantitative estimate of drug-likeness (QED) is 0.782. The van der Waals surface area contributed by atoms with Gasteiger partial charge in [-0.1, -0.05) is 30.6 Å². The minimum atomic E-state index is -0.0575. The molecule has 0 aliphatic rings. The zero-order valence-corrected chi connectivity index (χ0v) is 13.3. The summed E-state index contributed by atoms with van der Waals surface area (Å²) >= 11 is 0. The molecule has 1 unspecified atom stereocenters. The lowest BCUT2D eigenvalue weighted by molar-refractivity contribution is 0.392. The Morgan fingerprint density at radius 3 is 2.73 bits per heavy atom. The van der Waals surface area contributed by atoms with Crippen molar-refractivity contribution in [3.8, 4) is 0 Å². The second-order valence-electron chi connectivity index (χ2n) is 5.74. The van der Waals surface area contributed by atoms with E-state index in [9.17, 15) is 0 Å². The fraction of sp³-hybridized carbons (Fsp3) is 0.412. The van der Waals surface area contributed by atoms with E-state index in [1.165, 1.54) is 0 Å².